The fourth-order valence-corrected chi connectivity index (χ4v) is 6.91. The van der Waals surface area contributed by atoms with Gasteiger partial charge in [-0.3, -0.25) is 14.5 Å². The molecular weight excluding hydrogens is 760 g/mol. The Morgan fingerprint density at radius 2 is 1.54 bits per heavy atom. The predicted molar refractivity (Wildman–Crippen MR) is 229 cm³/mol. The third-order valence-corrected chi connectivity index (χ3v) is 10.6. The number of benzene rings is 3. The molecule has 12 nitrogen and oxygen atoms in total. The van der Waals surface area contributed by atoms with Crippen LogP contribution in [0.2, 0.25) is 0 Å². The number of hydrogen-bond acceptors (Lipinski definition) is 11. The number of hydroxylamine groups is 1. The van der Waals surface area contributed by atoms with E-state index in [0.717, 1.165) is 81.9 Å². The number of piperazine rings is 1. The van der Waals surface area contributed by atoms with E-state index in [-0.39, 0.29) is 23.4 Å². The Morgan fingerprint density at radius 3 is 2.19 bits per heavy atom. The molecule has 0 bridgehead atoms. The normalized spacial score (nSPS) is 13.7. The van der Waals surface area contributed by atoms with Gasteiger partial charge in [0, 0.05) is 76.1 Å². The third kappa shape index (κ3) is 12.0. The van der Waals surface area contributed by atoms with Crippen LogP contribution >= 0.6 is 0 Å². The van der Waals surface area contributed by atoms with E-state index in [0.29, 0.717) is 36.3 Å². The molecular formula is C44H60F3N9O3. The monoisotopic (exact) mass is 819 g/mol. The number of hydrogen-bond donors (Lipinski definition) is 3. The zero-order chi connectivity index (χ0) is 42.7. The molecule has 1 fully saturated rings. The highest BCUT2D eigenvalue weighted by Crippen LogP contribution is 2.30. The first kappa shape index (κ1) is 45.1. The Balaban J connectivity index is 1.12. The molecule has 0 unspecified atom stereocenters. The fraction of sp³-hybridized carbons (Fsp3) is 0.500. The summed E-state index contributed by atoms with van der Waals surface area (Å²) < 4.78 is 49.8. The minimum absolute atomic E-state index is 0.0968. The maximum absolute atomic E-state index is 14.8. The van der Waals surface area contributed by atoms with Gasteiger partial charge in [-0.2, -0.15) is 15.0 Å². The van der Waals surface area contributed by atoms with Crippen molar-refractivity contribution < 1.29 is 27.5 Å². The number of carbonyl (C=O) groups excluding carboxylic acids is 1. The van der Waals surface area contributed by atoms with Crippen molar-refractivity contribution in [1.82, 2.24) is 25.3 Å². The number of anilines is 5. The van der Waals surface area contributed by atoms with E-state index in [1.165, 1.54) is 12.1 Å². The van der Waals surface area contributed by atoms with Crippen LogP contribution in [0, 0.1) is 24.4 Å². The number of aromatic nitrogens is 3. The number of rotatable bonds is 20. The van der Waals surface area contributed by atoms with Crippen LogP contribution < -0.4 is 25.9 Å². The van der Waals surface area contributed by atoms with E-state index in [4.69, 9.17) is 24.5 Å². The van der Waals surface area contributed by atoms with Crippen molar-refractivity contribution in [2.45, 2.75) is 85.3 Å². The first-order valence-corrected chi connectivity index (χ1v) is 20.5. The number of aryl methyl sites for hydroxylation is 1. The van der Waals surface area contributed by atoms with Crippen molar-refractivity contribution in [3.8, 4) is 11.4 Å². The van der Waals surface area contributed by atoms with Crippen molar-refractivity contribution in [3.05, 3.63) is 83.2 Å². The second-order valence-electron chi connectivity index (χ2n) is 16.1. The highest BCUT2D eigenvalue weighted by Gasteiger charge is 2.32. The summed E-state index contributed by atoms with van der Waals surface area (Å²) in [5, 5.41) is 5.69. The number of carbonyl (C=O) groups is 1. The number of halogens is 3. The minimum Gasteiger partial charge on any atom is -0.388 e. The van der Waals surface area contributed by atoms with E-state index in [1.807, 2.05) is 45.2 Å². The maximum atomic E-state index is 14.8. The molecule has 0 aliphatic carbocycles. The standard InChI is InChI=1S/C44H60F3N9O3/c1-9-21-54(22-10-2)41-50-39(31-12-14-32(48-8)15-13-31)51-42(52-41)55-23-25-56(26-24-55)43(4,5)19-27-58-44(6,7)20-28-59-53-40(57)33-16-17-34(45)37(47)38(33)49-36-18-11-30(3)29-35(36)46/h11-18,29,48-49H,9-10,19-28H2,1-8H3,(H,53,57). The molecule has 0 spiro atoms. The Morgan fingerprint density at radius 1 is 0.847 bits per heavy atom. The quantitative estimate of drug-likeness (QED) is 0.0588. The number of ether oxygens (including phenoxy) is 1. The highest BCUT2D eigenvalue weighted by molar-refractivity contribution is 6.00. The first-order chi connectivity index (χ1) is 28.1. The molecule has 3 aromatic carbocycles. The van der Waals surface area contributed by atoms with Crippen LogP contribution in [0.25, 0.3) is 11.4 Å². The van der Waals surface area contributed by atoms with Gasteiger partial charge in [0.05, 0.1) is 29.1 Å². The summed E-state index contributed by atoms with van der Waals surface area (Å²) in [6.45, 7) is 20.0. The van der Waals surface area contributed by atoms with Gasteiger partial charge in [-0.25, -0.2) is 18.7 Å². The van der Waals surface area contributed by atoms with Gasteiger partial charge in [0.25, 0.3) is 5.91 Å². The molecule has 320 valence electrons. The minimum atomic E-state index is -1.31. The lowest BCUT2D eigenvalue weighted by atomic mass is 9.97. The van der Waals surface area contributed by atoms with Crippen LogP contribution in [0.4, 0.5) is 42.1 Å². The van der Waals surface area contributed by atoms with Crippen LogP contribution in [0.1, 0.15) is 83.1 Å². The fourth-order valence-electron chi connectivity index (χ4n) is 6.91. The van der Waals surface area contributed by atoms with Crippen molar-refractivity contribution in [1.29, 1.82) is 0 Å². The average Bonchev–Trinajstić information content (AvgIpc) is 3.21. The second-order valence-corrected chi connectivity index (χ2v) is 16.1. The van der Waals surface area contributed by atoms with Crippen molar-refractivity contribution in [2.24, 2.45) is 0 Å². The lowest BCUT2D eigenvalue weighted by molar-refractivity contribution is -0.0624. The van der Waals surface area contributed by atoms with E-state index < -0.39 is 34.6 Å². The molecule has 1 amide bonds. The van der Waals surface area contributed by atoms with Crippen LogP contribution in [0.3, 0.4) is 0 Å². The summed E-state index contributed by atoms with van der Waals surface area (Å²) in [5.74, 6) is -1.90. The van der Waals surface area contributed by atoms with Gasteiger partial charge < -0.3 is 25.2 Å². The van der Waals surface area contributed by atoms with Gasteiger partial charge in [-0.05, 0) is 108 Å². The summed E-state index contributed by atoms with van der Waals surface area (Å²) >= 11 is 0. The molecule has 1 aliphatic rings. The van der Waals surface area contributed by atoms with Crippen LogP contribution in [-0.2, 0) is 9.57 Å². The predicted octanol–water partition coefficient (Wildman–Crippen LogP) is 8.51. The molecule has 3 N–H and O–H groups in total. The molecule has 0 saturated carbocycles. The molecule has 4 aromatic rings. The zero-order valence-corrected chi connectivity index (χ0v) is 35.7. The van der Waals surface area contributed by atoms with Gasteiger partial charge in [-0.15, -0.1) is 0 Å². The van der Waals surface area contributed by atoms with E-state index >= 15 is 0 Å². The number of nitrogens with zero attached hydrogens (tertiary/aromatic N) is 6. The topological polar surface area (TPSA) is 120 Å². The van der Waals surface area contributed by atoms with Gasteiger partial charge in [0.2, 0.25) is 11.9 Å². The highest BCUT2D eigenvalue weighted by atomic mass is 19.2. The Labute approximate surface area is 346 Å². The second kappa shape index (κ2) is 20.3. The lowest BCUT2D eigenvalue weighted by Gasteiger charge is -2.44. The molecule has 0 radical (unpaired) electrons. The van der Waals surface area contributed by atoms with E-state index in [1.54, 1.807) is 13.0 Å². The van der Waals surface area contributed by atoms with Gasteiger partial charge in [0.1, 0.15) is 5.82 Å². The summed E-state index contributed by atoms with van der Waals surface area (Å²) in [6.07, 6.45) is 3.21. The maximum Gasteiger partial charge on any atom is 0.277 e. The number of nitrogens with one attached hydrogen (secondary N) is 3. The SMILES string of the molecule is CCCN(CCC)c1nc(-c2ccc(NC)cc2)nc(N2CCN(C(C)(C)CCOC(C)(C)CCONC(=O)c3ccc(F)c(F)c3Nc3ccc(C)cc3F)CC2)n1. The summed E-state index contributed by atoms with van der Waals surface area (Å²) in [5.41, 5.74) is 3.35. The van der Waals surface area contributed by atoms with Crippen molar-refractivity contribution in [2.75, 3.05) is 80.0 Å². The van der Waals surface area contributed by atoms with Crippen LogP contribution in [0.15, 0.2) is 54.6 Å². The molecule has 1 aliphatic heterocycles. The zero-order valence-electron chi connectivity index (χ0n) is 35.7. The Hall–Kier alpha value is -4.99. The summed E-state index contributed by atoms with van der Waals surface area (Å²) in [4.78, 5) is 40.3. The van der Waals surface area contributed by atoms with Crippen molar-refractivity contribution in [3.63, 3.8) is 0 Å². The lowest BCUT2D eigenvalue weighted by Crippen LogP contribution is -2.55. The molecule has 59 heavy (non-hydrogen) atoms. The Bertz CT molecular complexity index is 2000. The molecule has 5 rings (SSSR count). The van der Waals surface area contributed by atoms with Gasteiger partial charge >= 0.3 is 0 Å². The summed E-state index contributed by atoms with van der Waals surface area (Å²) in [6, 6.07) is 14.3. The van der Waals surface area contributed by atoms with Gasteiger partial charge in [0.15, 0.2) is 17.5 Å². The van der Waals surface area contributed by atoms with Crippen LogP contribution in [-0.4, -0.2) is 96.4 Å². The van der Waals surface area contributed by atoms with E-state index in [9.17, 15) is 18.0 Å². The molecule has 0 atom stereocenters. The summed E-state index contributed by atoms with van der Waals surface area (Å²) in [7, 11) is 1.90. The van der Waals surface area contributed by atoms with Crippen LogP contribution in [0.5, 0.6) is 0 Å². The van der Waals surface area contributed by atoms with E-state index in [2.05, 4.69) is 58.5 Å². The third-order valence-electron chi connectivity index (χ3n) is 10.6. The molecule has 2 heterocycles. The molecule has 15 heteroatoms. The Kier molecular flexibility index (Phi) is 15.5. The van der Waals surface area contributed by atoms with Gasteiger partial charge in [-0.1, -0.05) is 19.9 Å². The molecule has 1 saturated heterocycles. The number of amides is 1. The molecule has 1 aromatic heterocycles. The van der Waals surface area contributed by atoms with Crippen molar-refractivity contribution >= 4 is 34.9 Å². The first-order valence-electron chi connectivity index (χ1n) is 20.5. The largest absolute Gasteiger partial charge is 0.388 e. The smallest absolute Gasteiger partial charge is 0.277 e. The average molecular weight is 820 g/mol.